The van der Waals surface area contributed by atoms with Gasteiger partial charge in [0.15, 0.2) is 0 Å². The molecule has 0 saturated carbocycles. The summed E-state index contributed by atoms with van der Waals surface area (Å²) in [6.07, 6.45) is 3.27. The lowest BCUT2D eigenvalue weighted by atomic mass is 9.73. The van der Waals surface area contributed by atoms with Crippen molar-refractivity contribution >= 4 is 11.6 Å². The highest BCUT2D eigenvalue weighted by molar-refractivity contribution is 6.01. The molecule has 2 aliphatic heterocycles. The van der Waals surface area contributed by atoms with Crippen molar-refractivity contribution in [3.8, 4) is 5.75 Å². The van der Waals surface area contributed by atoms with E-state index in [1.807, 2.05) is 29.2 Å². The van der Waals surface area contributed by atoms with Crippen LogP contribution in [0.4, 0.5) is 5.69 Å². The van der Waals surface area contributed by atoms with Gasteiger partial charge < -0.3 is 20.3 Å². The molecule has 3 atom stereocenters. The standard InChI is InChI=1S/C23H27N3O2/c1-28-21-8-4-6-17-16(21)10-9-15-13-24-20(22(15)17)11-12-26-14-25-19-7-3-2-5-18(19)23(26)27/h2-8,15,20,22,24-25H,9-14H2,1H3. The number of ether oxygens (including phenoxy) is 1. The normalized spacial score (nSPS) is 25.5. The van der Waals surface area contributed by atoms with E-state index < -0.39 is 0 Å². The fraction of sp³-hybridized carbons (Fsp3) is 0.435. The minimum absolute atomic E-state index is 0.134. The molecular weight excluding hydrogens is 350 g/mol. The van der Waals surface area contributed by atoms with Gasteiger partial charge in [-0.25, -0.2) is 0 Å². The van der Waals surface area contributed by atoms with Crippen LogP contribution in [0.3, 0.4) is 0 Å². The summed E-state index contributed by atoms with van der Waals surface area (Å²) in [4.78, 5) is 14.8. The van der Waals surface area contributed by atoms with Crippen LogP contribution in [0.15, 0.2) is 42.5 Å². The van der Waals surface area contributed by atoms with E-state index in [9.17, 15) is 4.79 Å². The van der Waals surface area contributed by atoms with E-state index in [2.05, 4.69) is 28.8 Å². The third-order valence-corrected chi connectivity index (χ3v) is 6.71. The number of hydrogen-bond acceptors (Lipinski definition) is 4. The van der Waals surface area contributed by atoms with Crippen LogP contribution in [0.25, 0.3) is 0 Å². The van der Waals surface area contributed by atoms with Crippen molar-refractivity contribution in [3.05, 3.63) is 59.2 Å². The van der Waals surface area contributed by atoms with Crippen molar-refractivity contribution in [2.24, 2.45) is 5.92 Å². The quantitative estimate of drug-likeness (QED) is 0.859. The average molecular weight is 377 g/mol. The fourth-order valence-corrected chi connectivity index (χ4v) is 5.32. The van der Waals surface area contributed by atoms with Crippen LogP contribution >= 0.6 is 0 Å². The molecule has 5 heteroatoms. The van der Waals surface area contributed by atoms with Crippen LogP contribution in [0.2, 0.25) is 0 Å². The molecule has 0 aromatic heterocycles. The van der Waals surface area contributed by atoms with E-state index in [1.165, 1.54) is 17.5 Å². The Balaban J connectivity index is 1.32. The first-order chi connectivity index (χ1) is 13.8. The van der Waals surface area contributed by atoms with Gasteiger partial charge in [0, 0.05) is 24.2 Å². The molecule has 5 nitrogen and oxygen atoms in total. The lowest BCUT2D eigenvalue weighted by Gasteiger charge is -2.34. The number of anilines is 1. The second kappa shape index (κ2) is 7.13. The topological polar surface area (TPSA) is 53.6 Å². The summed E-state index contributed by atoms with van der Waals surface area (Å²) in [6, 6.07) is 14.6. The van der Waals surface area contributed by atoms with Crippen LogP contribution < -0.4 is 15.4 Å². The zero-order valence-corrected chi connectivity index (χ0v) is 16.3. The number of nitrogens with zero attached hydrogens (tertiary/aromatic N) is 1. The Kier molecular flexibility index (Phi) is 4.47. The maximum atomic E-state index is 12.8. The lowest BCUT2D eigenvalue weighted by Crippen LogP contribution is -2.42. The number of fused-ring (bicyclic) bond motifs is 4. The van der Waals surface area contributed by atoms with E-state index in [1.54, 1.807) is 7.11 Å². The van der Waals surface area contributed by atoms with Crippen molar-refractivity contribution < 1.29 is 9.53 Å². The molecule has 2 aromatic carbocycles. The van der Waals surface area contributed by atoms with Crippen LogP contribution in [0.5, 0.6) is 5.75 Å². The number of carbonyl (C=O) groups is 1. The van der Waals surface area contributed by atoms with E-state index >= 15 is 0 Å². The summed E-state index contributed by atoms with van der Waals surface area (Å²) in [5.74, 6) is 2.35. The molecule has 0 spiro atoms. The molecular formula is C23H27N3O2. The van der Waals surface area contributed by atoms with Crippen molar-refractivity contribution in [2.75, 3.05) is 32.2 Å². The molecule has 1 amide bonds. The number of amides is 1. The Hall–Kier alpha value is -2.53. The number of nitrogens with one attached hydrogen (secondary N) is 2. The van der Waals surface area contributed by atoms with Crippen molar-refractivity contribution in [1.29, 1.82) is 0 Å². The van der Waals surface area contributed by atoms with Gasteiger partial charge in [0.1, 0.15) is 5.75 Å². The summed E-state index contributed by atoms with van der Waals surface area (Å²) in [5, 5.41) is 7.13. The molecule has 1 saturated heterocycles. The number of para-hydroxylation sites is 1. The van der Waals surface area contributed by atoms with Gasteiger partial charge >= 0.3 is 0 Å². The van der Waals surface area contributed by atoms with Gasteiger partial charge in [-0.05, 0) is 61.1 Å². The van der Waals surface area contributed by atoms with Gasteiger partial charge in [0.05, 0.1) is 19.3 Å². The van der Waals surface area contributed by atoms with Gasteiger partial charge in [-0.1, -0.05) is 24.3 Å². The smallest absolute Gasteiger partial charge is 0.257 e. The summed E-state index contributed by atoms with van der Waals surface area (Å²) in [7, 11) is 1.76. The highest BCUT2D eigenvalue weighted by Crippen LogP contribution is 2.45. The van der Waals surface area contributed by atoms with Gasteiger partial charge in [-0.15, -0.1) is 0 Å². The number of benzene rings is 2. The molecule has 28 heavy (non-hydrogen) atoms. The van der Waals surface area contributed by atoms with Crippen molar-refractivity contribution in [3.63, 3.8) is 0 Å². The largest absolute Gasteiger partial charge is 0.496 e. The minimum Gasteiger partial charge on any atom is -0.496 e. The summed E-state index contributed by atoms with van der Waals surface area (Å²) in [5.41, 5.74) is 4.54. The van der Waals surface area contributed by atoms with Crippen molar-refractivity contribution in [1.82, 2.24) is 10.2 Å². The molecule has 5 rings (SSSR count). The van der Waals surface area contributed by atoms with Gasteiger partial charge in [-0.3, -0.25) is 4.79 Å². The van der Waals surface area contributed by atoms with E-state index in [0.29, 0.717) is 24.5 Å². The van der Waals surface area contributed by atoms with Crippen LogP contribution in [0, 0.1) is 5.92 Å². The average Bonchev–Trinajstić information content (AvgIpc) is 3.16. The summed E-state index contributed by atoms with van der Waals surface area (Å²) >= 11 is 0. The van der Waals surface area contributed by atoms with E-state index in [4.69, 9.17) is 4.74 Å². The number of hydrogen-bond donors (Lipinski definition) is 2. The highest BCUT2D eigenvalue weighted by Gasteiger charge is 2.41. The molecule has 146 valence electrons. The fourth-order valence-electron chi connectivity index (χ4n) is 5.32. The number of methoxy groups -OCH3 is 1. The number of carbonyl (C=O) groups excluding carboxylic acids is 1. The Morgan fingerprint density at radius 1 is 1.18 bits per heavy atom. The SMILES string of the molecule is COc1cccc2c1CCC1CNC(CCN3CNc4ccccc4C3=O)C21. The maximum Gasteiger partial charge on any atom is 0.257 e. The zero-order valence-electron chi connectivity index (χ0n) is 16.3. The molecule has 3 aliphatic rings. The third-order valence-electron chi connectivity index (χ3n) is 6.71. The maximum absolute atomic E-state index is 12.8. The second-order valence-corrected chi connectivity index (χ2v) is 8.11. The minimum atomic E-state index is 0.134. The second-order valence-electron chi connectivity index (χ2n) is 8.11. The Morgan fingerprint density at radius 2 is 2.07 bits per heavy atom. The molecule has 1 fully saturated rings. The molecule has 0 radical (unpaired) electrons. The Morgan fingerprint density at radius 3 is 2.96 bits per heavy atom. The lowest BCUT2D eigenvalue weighted by molar-refractivity contribution is 0.0751. The zero-order chi connectivity index (χ0) is 19.1. The van der Waals surface area contributed by atoms with Gasteiger partial charge in [0.2, 0.25) is 0 Å². The monoisotopic (exact) mass is 377 g/mol. The molecule has 2 heterocycles. The summed E-state index contributed by atoms with van der Waals surface area (Å²) < 4.78 is 5.62. The molecule has 3 unspecified atom stereocenters. The molecule has 2 aromatic rings. The van der Waals surface area contributed by atoms with Gasteiger partial charge in [-0.2, -0.15) is 0 Å². The molecule has 1 aliphatic carbocycles. The van der Waals surface area contributed by atoms with Crippen LogP contribution in [-0.2, 0) is 6.42 Å². The predicted octanol–water partition coefficient (Wildman–Crippen LogP) is 3.23. The summed E-state index contributed by atoms with van der Waals surface area (Å²) in [6.45, 7) is 2.42. The first kappa shape index (κ1) is 17.6. The Labute approximate surface area is 166 Å². The highest BCUT2D eigenvalue weighted by atomic mass is 16.5. The third kappa shape index (κ3) is 2.85. The van der Waals surface area contributed by atoms with Gasteiger partial charge in [0.25, 0.3) is 5.91 Å². The Bertz CT molecular complexity index is 897. The van der Waals surface area contributed by atoms with Crippen LogP contribution in [-0.4, -0.2) is 43.7 Å². The molecule has 2 N–H and O–H groups in total. The predicted molar refractivity (Wildman–Crippen MR) is 110 cm³/mol. The van der Waals surface area contributed by atoms with Crippen LogP contribution in [0.1, 0.15) is 40.2 Å². The van der Waals surface area contributed by atoms with E-state index in [0.717, 1.165) is 42.9 Å². The van der Waals surface area contributed by atoms with Crippen molar-refractivity contribution in [2.45, 2.75) is 31.2 Å². The van der Waals surface area contributed by atoms with E-state index in [-0.39, 0.29) is 5.91 Å². The first-order valence-corrected chi connectivity index (χ1v) is 10.3. The molecule has 0 bridgehead atoms. The number of rotatable bonds is 4. The first-order valence-electron chi connectivity index (χ1n) is 10.3.